The van der Waals surface area contributed by atoms with Gasteiger partial charge in [0.1, 0.15) is 0 Å². The van der Waals surface area contributed by atoms with Crippen LogP contribution in [0.4, 0.5) is 5.95 Å². The molecule has 132 valence electrons. The number of aliphatic hydroxyl groups is 1. The van der Waals surface area contributed by atoms with Gasteiger partial charge in [-0.05, 0) is 38.3 Å². The second-order valence-corrected chi connectivity index (χ2v) is 8.25. The van der Waals surface area contributed by atoms with Crippen molar-refractivity contribution >= 4 is 16.0 Å². The second kappa shape index (κ2) is 5.76. The van der Waals surface area contributed by atoms with E-state index in [-0.39, 0.29) is 17.0 Å². The molecule has 4 rings (SSSR count). The van der Waals surface area contributed by atoms with Gasteiger partial charge in [0.15, 0.2) is 0 Å². The third kappa shape index (κ3) is 2.80. The third-order valence-electron chi connectivity index (χ3n) is 5.05. The Bertz CT molecular complexity index is 945. The van der Waals surface area contributed by atoms with E-state index in [0.29, 0.717) is 12.5 Å². The number of sulfonamides is 1. The van der Waals surface area contributed by atoms with E-state index in [4.69, 9.17) is 10.1 Å². The molecular formula is C17H20N4O3S. The molecule has 2 heterocycles. The van der Waals surface area contributed by atoms with Crippen molar-refractivity contribution in [3.05, 3.63) is 35.5 Å². The van der Waals surface area contributed by atoms with Crippen LogP contribution in [0.2, 0.25) is 0 Å². The lowest BCUT2D eigenvalue weighted by atomic mass is 10.0. The minimum atomic E-state index is -3.77. The first-order chi connectivity index (χ1) is 11.8. The number of hydrogen-bond donors (Lipinski definition) is 2. The lowest BCUT2D eigenvalue weighted by Gasteiger charge is -2.43. The van der Waals surface area contributed by atoms with E-state index < -0.39 is 10.0 Å². The molecule has 0 saturated carbocycles. The molecule has 1 aromatic carbocycles. The molecule has 1 aliphatic carbocycles. The van der Waals surface area contributed by atoms with Crippen LogP contribution in [0.15, 0.2) is 29.2 Å². The van der Waals surface area contributed by atoms with Crippen molar-refractivity contribution in [2.75, 3.05) is 11.4 Å². The molecule has 2 aromatic rings. The smallest absolute Gasteiger partial charge is 0.238 e. The van der Waals surface area contributed by atoms with Crippen LogP contribution >= 0.6 is 0 Å². The first-order valence-electron chi connectivity index (χ1n) is 8.32. The number of nitrogens with two attached hydrogens (primary N) is 1. The molecule has 1 aromatic heterocycles. The minimum absolute atomic E-state index is 0.0249. The average molecular weight is 360 g/mol. The van der Waals surface area contributed by atoms with Gasteiger partial charge in [0.25, 0.3) is 0 Å². The van der Waals surface area contributed by atoms with Gasteiger partial charge in [0.2, 0.25) is 16.0 Å². The summed E-state index contributed by atoms with van der Waals surface area (Å²) in [6.07, 6.45) is 2.40. The Balaban J connectivity index is 1.83. The Labute approximate surface area is 146 Å². The number of aromatic nitrogens is 2. The number of aliphatic hydroxyl groups excluding tert-OH is 1. The lowest BCUT2D eigenvalue weighted by Crippen LogP contribution is -2.59. The molecule has 25 heavy (non-hydrogen) atoms. The van der Waals surface area contributed by atoms with Gasteiger partial charge in [-0.2, -0.15) is 0 Å². The summed E-state index contributed by atoms with van der Waals surface area (Å²) in [5.41, 5.74) is 3.57. The van der Waals surface area contributed by atoms with Crippen molar-refractivity contribution in [3.63, 3.8) is 0 Å². The van der Waals surface area contributed by atoms with Crippen LogP contribution in [-0.2, 0) is 22.9 Å². The number of fused-ring (bicyclic) bond motifs is 1. The molecule has 0 radical (unpaired) electrons. The first-order valence-corrected chi connectivity index (χ1v) is 9.87. The summed E-state index contributed by atoms with van der Waals surface area (Å²) >= 11 is 0. The zero-order valence-electron chi connectivity index (χ0n) is 13.9. The molecule has 3 N–H and O–H groups in total. The predicted molar refractivity (Wildman–Crippen MR) is 93.7 cm³/mol. The molecule has 0 amide bonds. The summed E-state index contributed by atoms with van der Waals surface area (Å²) in [5, 5.41) is 15.0. The molecule has 1 fully saturated rings. The highest BCUT2D eigenvalue weighted by atomic mass is 32.2. The van der Waals surface area contributed by atoms with Gasteiger partial charge in [0.05, 0.1) is 22.7 Å². The number of rotatable bonds is 3. The molecule has 1 saturated heterocycles. The monoisotopic (exact) mass is 360 g/mol. The van der Waals surface area contributed by atoms with E-state index in [9.17, 15) is 13.5 Å². The Morgan fingerprint density at radius 1 is 1.28 bits per heavy atom. The van der Waals surface area contributed by atoms with Crippen LogP contribution < -0.4 is 10.0 Å². The van der Waals surface area contributed by atoms with E-state index in [1.54, 1.807) is 12.1 Å². The van der Waals surface area contributed by atoms with Gasteiger partial charge in [-0.15, -0.1) is 0 Å². The molecule has 0 unspecified atom stereocenters. The van der Waals surface area contributed by atoms with Crippen LogP contribution in [0.1, 0.15) is 24.6 Å². The van der Waals surface area contributed by atoms with Crippen molar-refractivity contribution < 1.29 is 13.5 Å². The summed E-state index contributed by atoms with van der Waals surface area (Å²) in [7, 11) is -3.77. The highest BCUT2D eigenvalue weighted by Gasteiger charge is 2.36. The van der Waals surface area contributed by atoms with Crippen LogP contribution in [0.25, 0.3) is 11.3 Å². The largest absolute Gasteiger partial charge is 0.389 e. The van der Waals surface area contributed by atoms with Crippen molar-refractivity contribution in [3.8, 4) is 11.3 Å². The highest BCUT2D eigenvalue weighted by molar-refractivity contribution is 7.89. The number of hydrogen-bond acceptors (Lipinski definition) is 6. The van der Waals surface area contributed by atoms with Crippen molar-refractivity contribution in [2.45, 2.75) is 43.2 Å². The van der Waals surface area contributed by atoms with Gasteiger partial charge in [-0.3, -0.25) is 0 Å². The van der Waals surface area contributed by atoms with Crippen molar-refractivity contribution in [1.82, 2.24) is 9.97 Å². The summed E-state index contributed by atoms with van der Waals surface area (Å²) in [5.74, 6) is 0.592. The number of benzene rings is 1. The average Bonchev–Trinajstić information content (AvgIpc) is 3.06. The number of anilines is 1. The first kappa shape index (κ1) is 16.4. The fraction of sp³-hybridized carbons (Fsp3) is 0.412. The van der Waals surface area contributed by atoms with Gasteiger partial charge >= 0.3 is 0 Å². The van der Waals surface area contributed by atoms with Crippen LogP contribution in [0, 0.1) is 0 Å². The quantitative estimate of drug-likeness (QED) is 0.840. The van der Waals surface area contributed by atoms with Gasteiger partial charge in [0, 0.05) is 23.4 Å². The Kier molecular flexibility index (Phi) is 3.78. The fourth-order valence-corrected chi connectivity index (χ4v) is 4.02. The maximum Gasteiger partial charge on any atom is 0.238 e. The Morgan fingerprint density at radius 2 is 2.08 bits per heavy atom. The lowest BCUT2D eigenvalue weighted by molar-refractivity contribution is 0.0979. The van der Waals surface area contributed by atoms with Gasteiger partial charge < -0.3 is 10.0 Å². The summed E-state index contributed by atoms with van der Waals surface area (Å²) in [4.78, 5) is 11.4. The SMILES string of the molecule is C[C@H]1[C@H](O)CN1c1nc2c(c(-c3cccc(S(N)(=O)=O)c3)n1)CCC2. The summed E-state index contributed by atoms with van der Waals surface area (Å²) < 4.78 is 23.3. The molecular weight excluding hydrogens is 340 g/mol. The molecule has 7 nitrogen and oxygen atoms in total. The molecule has 0 spiro atoms. The van der Waals surface area contributed by atoms with Crippen molar-refractivity contribution in [1.29, 1.82) is 0 Å². The molecule has 2 atom stereocenters. The van der Waals surface area contributed by atoms with Gasteiger partial charge in [-0.1, -0.05) is 12.1 Å². The zero-order valence-corrected chi connectivity index (χ0v) is 14.7. The van der Waals surface area contributed by atoms with Gasteiger partial charge in [-0.25, -0.2) is 23.5 Å². The molecule has 8 heteroatoms. The summed E-state index contributed by atoms with van der Waals surface area (Å²) in [6, 6.07) is 6.54. The predicted octanol–water partition coefficient (Wildman–Crippen LogP) is 0.849. The Hall–Kier alpha value is -2.03. The maximum absolute atomic E-state index is 11.7. The van der Waals surface area contributed by atoms with Crippen LogP contribution in [0.5, 0.6) is 0 Å². The number of aryl methyl sites for hydroxylation is 1. The molecule has 2 aliphatic rings. The Morgan fingerprint density at radius 3 is 2.76 bits per heavy atom. The third-order valence-corrected chi connectivity index (χ3v) is 5.96. The highest BCUT2D eigenvalue weighted by Crippen LogP contribution is 2.34. The molecule has 0 bridgehead atoms. The van der Waals surface area contributed by atoms with Crippen LogP contribution in [0.3, 0.4) is 0 Å². The van der Waals surface area contributed by atoms with E-state index in [1.165, 1.54) is 6.07 Å². The number of primary sulfonamides is 1. The second-order valence-electron chi connectivity index (χ2n) is 6.68. The maximum atomic E-state index is 11.7. The normalized spacial score (nSPS) is 22.6. The summed E-state index contributed by atoms with van der Waals surface area (Å²) in [6.45, 7) is 2.45. The van der Waals surface area contributed by atoms with Crippen LogP contribution in [-0.4, -0.2) is 42.2 Å². The van der Waals surface area contributed by atoms with E-state index >= 15 is 0 Å². The fourth-order valence-electron chi connectivity index (χ4n) is 3.46. The van der Waals surface area contributed by atoms with E-state index in [2.05, 4.69) is 4.98 Å². The minimum Gasteiger partial charge on any atom is -0.389 e. The molecule has 1 aliphatic heterocycles. The zero-order chi connectivity index (χ0) is 17.8. The standard InChI is InChI=1S/C17H20N4O3S/c1-10-15(22)9-21(10)17-19-14-7-3-6-13(14)16(20-17)11-4-2-5-12(8-11)25(18,23)24/h2,4-5,8,10,15,22H,3,6-7,9H2,1H3,(H2,18,23,24)/t10-,15+/m0/s1. The van der Waals surface area contributed by atoms with E-state index in [1.807, 2.05) is 17.9 Å². The van der Waals surface area contributed by atoms with Crippen molar-refractivity contribution in [2.24, 2.45) is 5.14 Å². The number of nitrogens with zero attached hydrogens (tertiary/aromatic N) is 3. The van der Waals surface area contributed by atoms with E-state index in [0.717, 1.165) is 41.8 Å². The number of β-amino-alcohol motifs (C(OH)–C–C–N with tert-alkyl or cyclic N) is 1. The topological polar surface area (TPSA) is 109 Å².